The zero-order valence-corrected chi connectivity index (χ0v) is 15.1. The van der Waals surface area contributed by atoms with Gasteiger partial charge in [0.05, 0.1) is 5.69 Å². The number of aryl methyl sites for hydroxylation is 2. The van der Waals surface area contributed by atoms with Crippen molar-refractivity contribution in [3.8, 4) is 0 Å². The molecule has 0 radical (unpaired) electrons. The Bertz CT molecular complexity index is 836. The molecule has 5 nitrogen and oxygen atoms in total. The SMILES string of the molecule is Cc1ccc(Nc2nc(C)cc(NCc3cccnc3)n2)c(Br)c1. The molecule has 0 saturated carbocycles. The summed E-state index contributed by atoms with van der Waals surface area (Å²) < 4.78 is 0.984. The van der Waals surface area contributed by atoms with Gasteiger partial charge in [0.25, 0.3) is 0 Å². The largest absolute Gasteiger partial charge is 0.366 e. The smallest absolute Gasteiger partial charge is 0.229 e. The molecule has 2 N–H and O–H groups in total. The average molecular weight is 384 g/mol. The summed E-state index contributed by atoms with van der Waals surface area (Å²) in [6.45, 7) is 4.67. The van der Waals surface area contributed by atoms with Crippen LogP contribution < -0.4 is 10.6 Å². The second kappa shape index (κ2) is 7.40. The highest BCUT2D eigenvalue weighted by atomic mass is 79.9. The van der Waals surface area contributed by atoms with E-state index in [-0.39, 0.29) is 0 Å². The highest BCUT2D eigenvalue weighted by molar-refractivity contribution is 9.10. The van der Waals surface area contributed by atoms with E-state index in [1.807, 2.05) is 43.5 Å². The van der Waals surface area contributed by atoms with E-state index in [1.54, 1.807) is 6.20 Å². The summed E-state index contributed by atoms with van der Waals surface area (Å²) in [4.78, 5) is 13.1. The lowest BCUT2D eigenvalue weighted by atomic mass is 10.2. The minimum absolute atomic E-state index is 0.563. The van der Waals surface area contributed by atoms with E-state index in [2.05, 4.69) is 54.5 Å². The number of benzene rings is 1. The maximum Gasteiger partial charge on any atom is 0.229 e. The average Bonchev–Trinajstić information content (AvgIpc) is 2.56. The molecule has 0 amide bonds. The molecule has 0 fully saturated rings. The van der Waals surface area contributed by atoms with Crippen LogP contribution in [0.5, 0.6) is 0 Å². The number of rotatable bonds is 5. The van der Waals surface area contributed by atoms with Crippen molar-refractivity contribution in [3.05, 3.63) is 70.1 Å². The fourth-order valence-corrected chi connectivity index (χ4v) is 2.84. The molecule has 0 bridgehead atoms. The van der Waals surface area contributed by atoms with Crippen LogP contribution in [0.1, 0.15) is 16.8 Å². The molecule has 122 valence electrons. The summed E-state index contributed by atoms with van der Waals surface area (Å²) in [6.07, 6.45) is 3.60. The van der Waals surface area contributed by atoms with Gasteiger partial charge in [-0.05, 0) is 59.1 Å². The molecule has 3 aromatic rings. The Morgan fingerprint density at radius 2 is 1.96 bits per heavy atom. The molecule has 0 aliphatic carbocycles. The fraction of sp³-hybridized carbons (Fsp3) is 0.167. The van der Waals surface area contributed by atoms with Crippen LogP contribution in [-0.4, -0.2) is 15.0 Å². The molecule has 1 aromatic carbocycles. The molecule has 0 aliphatic heterocycles. The van der Waals surface area contributed by atoms with Gasteiger partial charge >= 0.3 is 0 Å². The van der Waals surface area contributed by atoms with Crippen molar-refractivity contribution in [2.24, 2.45) is 0 Å². The highest BCUT2D eigenvalue weighted by Crippen LogP contribution is 2.26. The number of halogens is 1. The molecule has 0 unspecified atom stereocenters. The molecule has 24 heavy (non-hydrogen) atoms. The van der Waals surface area contributed by atoms with Crippen LogP contribution in [-0.2, 0) is 6.54 Å². The van der Waals surface area contributed by atoms with E-state index in [1.165, 1.54) is 5.56 Å². The topological polar surface area (TPSA) is 62.7 Å². The Morgan fingerprint density at radius 3 is 2.71 bits per heavy atom. The summed E-state index contributed by atoms with van der Waals surface area (Å²) in [6, 6.07) is 12.0. The molecular formula is C18H18BrN5. The van der Waals surface area contributed by atoms with Gasteiger partial charge in [0.2, 0.25) is 5.95 Å². The van der Waals surface area contributed by atoms with E-state index in [0.29, 0.717) is 12.5 Å². The predicted molar refractivity (Wildman–Crippen MR) is 100 cm³/mol. The first kappa shape index (κ1) is 16.4. The molecule has 0 spiro atoms. The third kappa shape index (κ3) is 4.29. The summed E-state index contributed by atoms with van der Waals surface area (Å²) in [7, 11) is 0. The van der Waals surface area contributed by atoms with Crippen molar-refractivity contribution >= 4 is 33.4 Å². The molecule has 0 atom stereocenters. The number of nitrogens with one attached hydrogen (secondary N) is 2. The second-order valence-corrected chi connectivity index (χ2v) is 6.40. The number of anilines is 3. The van der Waals surface area contributed by atoms with Gasteiger partial charge in [-0.25, -0.2) is 4.98 Å². The summed E-state index contributed by atoms with van der Waals surface area (Å²) in [5, 5.41) is 6.57. The van der Waals surface area contributed by atoms with Gasteiger partial charge in [0.1, 0.15) is 5.82 Å². The van der Waals surface area contributed by atoms with E-state index in [0.717, 1.165) is 27.2 Å². The van der Waals surface area contributed by atoms with Crippen LogP contribution in [0.4, 0.5) is 17.5 Å². The highest BCUT2D eigenvalue weighted by Gasteiger charge is 2.06. The van der Waals surface area contributed by atoms with E-state index < -0.39 is 0 Å². The maximum atomic E-state index is 4.53. The van der Waals surface area contributed by atoms with E-state index in [4.69, 9.17) is 0 Å². The number of hydrogen-bond donors (Lipinski definition) is 2. The van der Waals surface area contributed by atoms with Crippen molar-refractivity contribution in [1.82, 2.24) is 15.0 Å². The number of hydrogen-bond acceptors (Lipinski definition) is 5. The van der Waals surface area contributed by atoms with Gasteiger partial charge in [0, 0.05) is 35.2 Å². The molecule has 3 rings (SSSR count). The first-order valence-corrected chi connectivity index (χ1v) is 8.41. The van der Waals surface area contributed by atoms with Gasteiger partial charge in [-0.2, -0.15) is 4.98 Å². The first-order valence-electron chi connectivity index (χ1n) is 7.62. The Hall–Kier alpha value is -2.47. The van der Waals surface area contributed by atoms with Crippen molar-refractivity contribution < 1.29 is 0 Å². The van der Waals surface area contributed by atoms with Crippen LogP contribution in [0.15, 0.2) is 53.3 Å². The third-order valence-corrected chi connectivity index (χ3v) is 4.08. The Labute approximate surface area is 149 Å². The fourth-order valence-electron chi connectivity index (χ4n) is 2.25. The van der Waals surface area contributed by atoms with Crippen LogP contribution in [0.25, 0.3) is 0 Å². The van der Waals surface area contributed by atoms with Gasteiger partial charge in [-0.3, -0.25) is 4.98 Å². The standard InChI is InChI=1S/C18H18BrN5/c1-12-5-6-16(15(19)8-12)23-18-22-13(2)9-17(24-18)21-11-14-4-3-7-20-10-14/h3-10H,11H2,1-2H3,(H2,21,22,23,24). The molecular weight excluding hydrogens is 366 g/mol. The normalized spacial score (nSPS) is 10.5. The van der Waals surface area contributed by atoms with Gasteiger partial charge in [0.15, 0.2) is 0 Å². The zero-order chi connectivity index (χ0) is 16.9. The maximum absolute atomic E-state index is 4.53. The lowest BCUT2D eigenvalue weighted by Crippen LogP contribution is -2.06. The molecule has 2 heterocycles. The minimum Gasteiger partial charge on any atom is -0.366 e. The van der Waals surface area contributed by atoms with Crippen molar-refractivity contribution in [2.75, 3.05) is 10.6 Å². The summed E-state index contributed by atoms with van der Waals surface area (Å²) >= 11 is 3.56. The Balaban J connectivity index is 1.76. The van der Waals surface area contributed by atoms with Gasteiger partial charge < -0.3 is 10.6 Å². The summed E-state index contributed by atoms with van der Waals surface area (Å²) in [5.74, 6) is 1.34. The van der Waals surface area contributed by atoms with E-state index in [9.17, 15) is 0 Å². The van der Waals surface area contributed by atoms with Crippen LogP contribution in [0, 0.1) is 13.8 Å². The quantitative estimate of drug-likeness (QED) is 0.673. The van der Waals surface area contributed by atoms with Gasteiger partial charge in [-0.15, -0.1) is 0 Å². The Morgan fingerprint density at radius 1 is 1.08 bits per heavy atom. The molecule has 2 aromatic heterocycles. The summed E-state index contributed by atoms with van der Waals surface area (Å²) in [5.41, 5.74) is 4.12. The predicted octanol–water partition coefficient (Wildman–Crippen LogP) is 4.61. The lowest BCUT2D eigenvalue weighted by Gasteiger charge is -2.11. The zero-order valence-electron chi connectivity index (χ0n) is 13.5. The van der Waals surface area contributed by atoms with Crippen LogP contribution in [0.2, 0.25) is 0 Å². The van der Waals surface area contributed by atoms with Crippen LogP contribution >= 0.6 is 15.9 Å². The number of nitrogens with zero attached hydrogens (tertiary/aromatic N) is 3. The minimum atomic E-state index is 0.563. The second-order valence-electron chi connectivity index (χ2n) is 5.54. The van der Waals surface area contributed by atoms with Crippen molar-refractivity contribution in [2.45, 2.75) is 20.4 Å². The molecule has 6 heteroatoms. The number of pyridine rings is 1. The lowest BCUT2D eigenvalue weighted by molar-refractivity contribution is 1.05. The van der Waals surface area contributed by atoms with Crippen molar-refractivity contribution in [1.29, 1.82) is 0 Å². The number of aromatic nitrogens is 3. The third-order valence-electron chi connectivity index (χ3n) is 3.42. The molecule has 0 saturated heterocycles. The van der Waals surface area contributed by atoms with Crippen molar-refractivity contribution in [3.63, 3.8) is 0 Å². The van der Waals surface area contributed by atoms with Gasteiger partial charge in [-0.1, -0.05) is 12.1 Å². The van der Waals surface area contributed by atoms with Crippen LogP contribution in [0.3, 0.4) is 0 Å². The monoisotopic (exact) mass is 383 g/mol. The molecule has 0 aliphatic rings. The van der Waals surface area contributed by atoms with E-state index >= 15 is 0 Å². The Kier molecular flexibility index (Phi) is 5.05. The first-order chi connectivity index (χ1) is 11.6.